The van der Waals surface area contributed by atoms with Gasteiger partial charge in [0.1, 0.15) is 6.17 Å². The number of nitrogens with zero attached hydrogens (tertiary/aromatic N) is 1. The second-order valence-corrected chi connectivity index (χ2v) is 4.12. The van der Waals surface area contributed by atoms with E-state index in [9.17, 15) is 0 Å². The van der Waals surface area contributed by atoms with Gasteiger partial charge < -0.3 is 5.73 Å². The zero-order chi connectivity index (χ0) is 6.85. The lowest BCUT2D eigenvalue weighted by Gasteiger charge is -2.13. The van der Waals surface area contributed by atoms with Crippen LogP contribution in [0.15, 0.2) is 15.6 Å². The number of dihydropyridines is 1. The predicted molar refractivity (Wildman–Crippen MR) is 51.3 cm³/mol. The van der Waals surface area contributed by atoms with Crippen molar-refractivity contribution >= 4 is 44.7 Å². The fourth-order valence-corrected chi connectivity index (χ4v) is 2.00. The lowest BCUT2D eigenvalue weighted by atomic mass is 10.3. The lowest BCUT2D eigenvalue weighted by Crippen LogP contribution is -2.29. The van der Waals surface area contributed by atoms with Crippen LogP contribution in [0, 0.1) is 0 Å². The van der Waals surface area contributed by atoms with Gasteiger partial charge in [-0.3, -0.25) is 4.99 Å². The molecule has 1 aliphatic rings. The molecule has 50 valence electrons. The van der Waals surface area contributed by atoms with Crippen LogP contribution in [0.2, 0.25) is 0 Å². The van der Waals surface area contributed by atoms with Crippen LogP contribution < -0.4 is 5.73 Å². The van der Waals surface area contributed by atoms with E-state index in [1.807, 2.05) is 6.08 Å². The van der Waals surface area contributed by atoms with Gasteiger partial charge in [-0.1, -0.05) is 28.7 Å². The molecule has 2 nitrogen and oxygen atoms in total. The number of hydrogen-bond donors (Lipinski definition) is 1. The van der Waals surface area contributed by atoms with Gasteiger partial charge in [0.05, 0.1) is 3.92 Å². The van der Waals surface area contributed by atoms with Crippen molar-refractivity contribution in [2.24, 2.45) is 10.7 Å². The summed E-state index contributed by atoms with van der Waals surface area (Å²) in [6, 6.07) is 0. The Kier molecular flexibility index (Phi) is 2.66. The van der Waals surface area contributed by atoms with Gasteiger partial charge in [-0.2, -0.15) is 0 Å². The van der Waals surface area contributed by atoms with Crippen molar-refractivity contribution < 1.29 is 0 Å². The van der Waals surface area contributed by atoms with Crippen molar-refractivity contribution in [3.63, 3.8) is 0 Å². The summed E-state index contributed by atoms with van der Waals surface area (Å²) < 4.78 is 1.34. The van der Waals surface area contributed by atoms with Gasteiger partial charge in [-0.15, -0.1) is 0 Å². The Morgan fingerprint density at radius 1 is 1.78 bits per heavy atom. The maximum absolute atomic E-state index is 5.57. The molecule has 1 rings (SSSR count). The first-order chi connectivity index (χ1) is 4.20. The third-order valence-electron chi connectivity index (χ3n) is 1.01. The molecule has 0 saturated heterocycles. The number of hydrogen-bond acceptors (Lipinski definition) is 2. The van der Waals surface area contributed by atoms with Crippen LogP contribution in [-0.4, -0.2) is 16.3 Å². The molecule has 4 heteroatoms. The van der Waals surface area contributed by atoms with Crippen molar-refractivity contribution in [1.82, 2.24) is 0 Å². The molecule has 0 aromatic carbocycles. The van der Waals surface area contributed by atoms with E-state index in [4.69, 9.17) is 5.73 Å². The minimum absolute atomic E-state index is 0.0631. The molecule has 0 aliphatic carbocycles. The Morgan fingerprint density at radius 3 is 2.89 bits per heavy atom. The summed E-state index contributed by atoms with van der Waals surface area (Å²) in [5.74, 6) is 0. The summed E-state index contributed by atoms with van der Waals surface area (Å²) in [6.45, 7) is 0. The number of alkyl halides is 1. The average molecular weight is 301 g/mol. The minimum Gasteiger partial charge on any atom is -0.309 e. The summed E-state index contributed by atoms with van der Waals surface area (Å²) in [4.78, 5) is 4.02. The molecule has 1 heterocycles. The monoisotopic (exact) mass is 300 g/mol. The fraction of sp³-hybridized carbons (Fsp3) is 0.400. The Bertz CT molecular complexity index is 166. The standard InChI is InChI=1S/C5H6BrIN2/c6-3-1-4(7)5(8)9-2-3/h1-2,4-5H,8H2. The van der Waals surface area contributed by atoms with E-state index in [1.54, 1.807) is 6.21 Å². The molecular weight excluding hydrogens is 295 g/mol. The van der Waals surface area contributed by atoms with Crippen molar-refractivity contribution in [1.29, 1.82) is 0 Å². The highest BCUT2D eigenvalue weighted by Gasteiger charge is 2.13. The Balaban J connectivity index is 2.70. The first-order valence-electron chi connectivity index (χ1n) is 2.50. The minimum atomic E-state index is -0.0631. The molecule has 0 spiro atoms. The van der Waals surface area contributed by atoms with Gasteiger partial charge >= 0.3 is 0 Å². The Hall–Kier alpha value is 0.580. The quantitative estimate of drug-likeness (QED) is 0.533. The number of aliphatic imine (C=N–C) groups is 1. The van der Waals surface area contributed by atoms with Gasteiger partial charge in [-0.05, 0) is 15.9 Å². The van der Waals surface area contributed by atoms with Crippen LogP contribution in [0.3, 0.4) is 0 Å². The van der Waals surface area contributed by atoms with E-state index < -0.39 is 0 Å². The molecule has 0 radical (unpaired) electrons. The molecular formula is C5H6BrIN2. The highest BCUT2D eigenvalue weighted by molar-refractivity contribution is 14.1. The summed E-state index contributed by atoms with van der Waals surface area (Å²) >= 11 is 5.56. The van der Waals surface area contributed by atoms with Crippen molar-refractivity contribution in [3.8, 4) is 0 Å². The molecule has 0 aromatic rings. The second kappa shape index (κ2) is 3.12. The second-order valence-electron chi connectivity index (χ2n) is 1.76. The van der Waals surface area contributed by atoms with Crippen LogP contribution in [0.25, 0.3) is 0 Å². The van der Waals surface area contributed by atoms with E-state index in [-0.39, 0.29) is 6.17 Å². The molecule has 0 saturated carbocycles. The van der Waals surface area contributed by atoms with E-state index in [2.05, 4.69) is 43.5 Å². The van der Waals surface area contributed by atoms with Crippen LogP contribution in [0.4, 0.5) is 0 Å². The van der Waals surface area contributed by atoms with E-state index in [1.165, 1.54) is 0 Å². The zero-order valence-corrected chi connectivity index (χ0v) is 8.33. The van der Waals surface area contributed by atoms with E-state index >= 15 is 0 Å². The first kappa shape index (κ1) is 7.68. The van der Waals surface area contributed by atoms with Crippen LogP contribution in [0.5, 0.6) is 0 Å². The number of nitrogens with two attached hydrogens (primary N) is 1. The molecule has 1 aliphatic heterocycles. The van der Waals surface area contributed by atoms with E-state index in [0.717, 1.165) is 4.48 Å². The molecule has 0 bridgehead atoms. The molecule has 2 N–H and O–H groups in total. The van der Waals surface area contributed by atoms with Gasteiger partial charge in [-0.25, -0.2) is 0 Å². The topological polar surface area (TPSA) is 38.4 Å². The Labute approximate surface area is 75.9 Å². The van der Waals surface area contributed by atoms with E-state index in [0.29, 0.717) is 3.92 Å². The zero-order valence-electron chi connectivity index (χ0n) is 4.59. The van der Waals surface area contributed by atoms with Crippen molar-refractivity contribution in [3.05, 3.63) is 10.6 Å². The summed E-state index contributed by atoms with van der Waals surface area (Å²) in [5, 5.41) is 0. The number of rotatable bonds is 0. The molecule has 0 aromatic heterocycles. The Morgan fingerprint density at radius 2 is 2.44 bits per heavy atom. The van der Waals surface area contributed by atoms with Crippen LogP contribution in [0.1, 0.15) is 0 Å². The summed E-state index contributed by atoms with van der Waals surface area (Å²) in [5.41, 5.74) is 5.57. The summed E-state index contributed by atoms with van der Waals surface area (Å²) in [7, 11) is 0. The maximum atomic E-state index is 5.57. The van der Waals surface area contributed by atoms with Crippen molar-refractivity contribution in [2.45, 2.75) is 10.1 Å². The number of halogens is 2. The van der Waals surface area contributed by atoms with Gasteiger partial charge in [0.2, 0.25) is 0 Å². The van der Waals surface area contributed by atoms with Crippen LogP contribution >= 0.6 is 38.5 Å². The van der Waals surface area contributed by atoms with Gasteiger partial charge in [0.25, 0.3) is 0 Å². The predicted octanol–water partition coefficient (Wildman–Crippen LogP) is 1.44. The molecule has 9 heavy (non-hydrogen) atoms. The largest absolute Gasteiger partial charge is 0.309 e. The molecule has 0 amide bonds. The lowest BCUT2D eigenvalue weighted by molar-refractivity contribution is 0.750. The average Bonchev–Trinajstić information content (AvgIpc) is 1.80. The molecule has 2 unspecified atom stereocenters. The fourth-order valence-electron chi connectivity index (χ4n) is 0.533. The third-order valence-corrected chi connectivity index (χ3v) is 2.58. The smallest absolute Gasteiger partial charge is 0.112 e. The molecule has 2 atom stereocenters. The highest BCUT2D eigenvalue weighted by Crippen LogP contribution is 2.17. The summed E-state index contributed by atoms with van der Waals surface area (Å²) in [6.07, 6.45) is 3.71. The van der Waals surface area contributed by atoms with Gasteiger partial charge in [0.15, 0.2) is 0 Å². The molecule has 0 fully saturated rings. The third kappa shape index (κ3) is 2.01. The normalized spacial score (nSPS) is 34.3. The SMILES string of the molecule is NC1N=CC(Br)=CC1I. The maximum Gasteiger partial charge on any atom is 0.112 e. The first-order valence-corrected chi connectivity index (χ1v) is 4.54. The van der Waals surface area contributed by atoms with Crippen LogP contribution in [-0.2, 0) is 0 Å². The highest BCUT2D eigenvalue weighted by atomic mass is 127. The van der Waals surface area contributed by atoms with Gasteiger partial charge in [0, 0.05) is 10.7 Å². The number of allylic oxidation sites excluding steroid dienone is 1. The van der Waals surface area contributed by atoms with Crippen molar-refractivity contribution in [2.75, 3.05) is 0 Å².